The smallest absolute Gasteiger partial charge is 0.219 e. The van der Waals surface area contributed by atoms with Gasteiger partial charge in [-0.1, -0.05) is 19.1 Å². The number of carbonyl (C=O) groups excluding carboxylic acids is 1. The molecule has 1 aliphatic rings. The Hall–Kier alpha value is -1.55. The van der Waals surface area contributed by atoms with Gasteiger partial charge in [0, 0.05) is 39.6 Å². The van der Waals surface area contributed by atoms with Gasteiger partial charge in [-0.2, -0.15) is 0 Å². The fraction of sp³-hybridized carbons (Fsp3) is 0.611. The lowest BCUT2D eigenvalue weighted by atomic mass is 10.0. The molecule has 4 nitrogen and oxygen atoms in total. The third-order valence-corrected chi connectivity index (χ3v) is 4.40. The molecule has 0 radical (unpaired) electrons. The fourth-order valence-corrected chi connectivity index (χ4v) is 2.89. The van der Waals surface area contributed by atoms with Gasteiger partial charge in [-0.3, -0.25) is 9.69 Å². The number of nitrogens with zero attached hydrogens (tertiary/aromatic N) is 2. The van der Waals surface area contributed by atoms with Crippen molar-refractivity contribution in [3.63, 3.8) is 0 Å². The second-order valence-electron chi connectivity index (χ2n) is 6.13. The third kappa shape index (κ3) is 4.73. The van der Waals surface area contributed by atoms with E-state index in [0.717, 1.165) is 51.3 Å². The lowest BCUT2D eigenvalue weighted by Crippen LogP contribution is -2.44. The number of rotatable bonds is 6. The highest BCUT2D eigenvalue weighted by atomic mass is 16.5. The molecule has 0 spiro atoms. The minimum Gasteiger partial charge on any atom is -0.494 e. The van der Waals surface area contributed by atoms with Crippen molar-refractivity contribution < 1.29 is 9.53 Å². The van der Waals surface area contributed by atoms with E-state index in [9.17, 15) is 4.79 Å². The van der Waals surface area contributed by atoms with Gasteiger partial charge in [0.1, 0.15) is 5.75 Å². The van der Waals surface area contributed by atoms with Crippen LogP contribution in [0, 0.1) is 0 Å². The first kappa shape index (κ1) is 16.8. The van der Waals surface area contributed by atoms with Gasteiger partial charge in [0.15, 0.2) is 0 Å². The Bertz CT molecular complexity index is 464. The summed E-state index contributed by atoms with van der Waals surface area (Å²) in [6, 6.07) is 8.82. The second-order valence-corrected chi connectivity index (χ2v) is 6.13. The summed E-state index contributed by atoms with van der Waals surface area (Å²) in [6.45, 7) is 7.61. The first-order chi connectivity index (χ1) is 10.6. The normalized spacial score (nSPS) is 16.5. The molecule has 1 fully saturated rings. The molecule has 0 saturated carbocycles. The fourth-order valence-electron chi connectivity index (χ4n) is 2.89. The van der Waals surface area contributed by atoms with Crippen LogP contribution in [0.3, 0.4) is 0 Å². The lowest BCUT2D eigenvalue weighted by molar-refractivity contribution is -0.130. The highest BCUT2D eigenvalue weighted by molar-refractivity contribution is 5.73. The molecule has 1 aromatic rings. The zero-order valence-electron chi connectivity index (χ0n) is 14.0. The van der Waals surface area contributed by atoms with Crippen LogP contribution in [0.4, 0.5) is 0 Å². The van der Waals surface area contributed by atoms with Crippen LogP contribution in [0.15, 0.2) is 24.3 Å². The number of piperidine rings is 1. The van der Waals surface area contributed by atoms with Crippen molar-refractivity contribution >= 4 is 5.91 Å². The molecular weight excluding hydrogens is 276 g/mol. The summed E-state index contributed by atoms with van der Waals surface area (Å²) in [5, 5.41) is 0. The number of ether oxygens (including phenoxy) is 1. The van der Waals surface area contributed by atoms with Crippen LogP contribution >= 0.6 is 0 Å². The zero-order chi connectivity index (χ0) is 15.9. The molecule has 4 heteroatoms. The quantitative estimate of drug-likeness (QED) is 0.810. The molecule has 122 valence electrons. The predicted molar refractivity (Wildman–Crippen MR) is 89.0 cm³/mol. The van der Waals surface area contributed by atoms with E-state index in [1.54, 1.807) is 6.92 Å². The monoisotopic (exact) mass is 304 g/mol. The Morgan fingerprint density at radius 3 is 2.45 bits per heavy atom. The van der Waals surface area contributed by atoms with E-state index < -0.39 is 0 Å². The first-order valence-electron chi connectivity index (χ1n) is 8.27. The van der Waals surface area contributed by atoms with Crippen molar-refractivity contribution in [1.82, 2.24) is 9.80 Å². The molecule has 1 aliphatic heterocycles. The maximum absolute atomic E-state index is 11.4. The van der Waals surface area contributed by atoms with Crippen molar-refractivity contribution in [3.05, 3.63) is 29.8 Å². The number of benzene rings is 1. The molecular formula is C18H28N2O2. The number of amides is 1. The van der Waals surface area contributed by atoms with Crippen LogP contribution in [0.2, 0.25) is 0 Å². The molecule has 1 aromatic carbocycles. The third-order valence-electron chi connectivity index (χ3n) is 4.40. The molecule has 1 heterocycles. The van der Waals surface area contributed by atoms with Crippen LogP contribution in [-0.4, -0.2) is 48.5 Å². The molecule has 0 atom stereocenters. The Morgan fingerprint density at radius 2 is 1.91 bits per heavy atom. The Morgan fingerprint density at radius 1 is 1.27 bits per heavy atom. The van der Waals surface area contributed by atoms with Gasteiger partial charge >= 0.3 is 0 Å². The van der Waals surface area contributed by atoms with Gasteiger partial charge in [-0.25, -0.2) is 0 Å². The maximum atomic E-state index is 11.4. The molecule has 1 amide bonds. The van der Waals surface area contributed by atoms with Crippen LogP contribution in [-0.2, 0) is 11.3 Å². The van der Waals surface area contributed by atoms with Crippen molar-refractivity contribution in [2.24, 2.45) is 0 Å². The van der Waals surface area contributed by atoms with Crippen molar-refractivity contribution in [1.29, 1.82) is 0 Å². The van der Waals surface area contributed by atoms with E-state index in [0.29, 0.717) is 6.04 Å². The number of hydrogen-bond donors (Lipinski definition) is 0. The Kier molecular flexibility index (Phi) is 6.25. The van der Waals surface area contributed by atoms with Crippen LogP contribution in [0.5, 0.6) is 5.75 Å². The number of hydrogen-bond acceptors (Lipinski definition) is 3. The molecule has 0 aromatic heterocycles. The van der Waals surface area contributed by atoms with E-state index in [-0.39, 0.29) is 5.91 Å². The lowest BCUT2D eigenvalue weighted by Gasteiger charge is -2.36. The topological polar surface area (TPSA) is 32.8 Å². The molecule has 0 N–H and O–H groups in total. The van der Waals surface area contributed by atoms with Gasteiger partial charge in [-0.15, -0.1) is 0 Å². The van der Waals surface area contributed by atoms with E-state index >= 15 is 0 Å². The highest BCUT2D eigenvalue weighted by Crippen LogP contribution is 2.19. The van der Waals surface area contributed by atoms with Crippen LogP contribution in [0.1, 0.15) is 38.7 Å². The predicted octanol–water partition coefficient (Wildman–Crippen LogP) is 2.92. The summed E-state index contributed by atoms with van der Waals surface area (Å²) < 4.78 is 5.61. The number of carbonyl (C=O) groups is 1. The van der Waals surface area contributed by atoms with E-state index in [1.807, 2.05) is 11.9 Å². The summed E-state index contributed by atoms with van der Waals surface area (Å²) in [4.78, 5) is 15.8. The van der Waals surface area contributed by atoms with Gasteiger partial charge < -0.3 is 9.64 Å². The van der Waals surface area contributed by atoms with Gasteiger partial charge in [0.25, 0.3) is 0 Å². The standard InChI is InChI=1S/C18H28N2O2/c1-4-13-22-18-7-5-16(6-8-18)14-20-11-9-17(10-12-20)19(3)15(2)21/h5-8,17H,4,9-14H2,1-3H3. The summed E-state index contributed by atoms with van der Waals surface area (Å²) in [5.74, 6) is 1.12. The maximum Gasteiger partial charge on any atom is 0.219 e. The minimum atomic E-state index is 0.168. The highest BCUT2D eigenvalue weighted by Gasteiger charge is 2.23. The summed E-state index contributed by atoms with van der Waals surface area (Å²) in [6.07, 6.45) is 3.16. The SMILES string of the molecule is CCCOc1ccc(CN2CCC(N(C)C(C)=O)CC2)cc1. The van der Waals surface area contributed by atoms with Crippen LogP contribution < -0.4 is 4.74 Å². The van der Waals surface area contributed by atoms with E-state index in [4.69, 9.17) is 4.74 Å². The minimum absolute atomic E-state index is 0.168. The second kappa shape index (κ2) is 8.18. The van der Waals surface area contributed by atoms with Gasteiger partial charge in [-0.05, 0) is 37.0 Å². The van der Waals surface area contributed by atoms with Gasteiger partial charge in [0.05, 0.1) is 6.61 Å². The zero-order valence-corrected chi connectivity index (χ0v) is 14.0. The summed E-state index contributed by atoms with van der Waals surface area (Å²) in [7, 11) is 1.91. The average Bonchev–Trinajstić information content (AvgIpc) is 2.54. The molecule has 0 aliphatic carbocycles. The van der Waals surface area contributed by atoms with Gasteiger partial charge in [0.2, 0.25) is 5.91 Å². The first-order valence-corrected chi connectivity index (χ1v) is 8.27. The molecule has 0 bridgehead atoms. The number of likely N-dealkylation sites (tertiary alicyclic amines) is 1. The summed E-state index contributed by atoms with van der Waals surface area (Å²) in [5.41, 5.74) is 1.32. The van der Waals surface area contributed by atoms with E-state index in [1.165, 1.54) is 5.56 Å². The molecule has 2 rings (SSSR count). The Balaban J connectivity index is 1.79. The molecule has 1 saturated heterocycles. The van der Waals surface area contributed by atoms with E-state index in [2.05, 4.69) is 36.1 Å². The largest absolute Gasteiger partial charge is 0.494 e. The van der Waals surface area contributed by atoms with Crippen LogP contribution in [0.25, 0.3) is 0 Å². The Labute approximate surface area is 134 Å². The molecule has 22 heavy (non-hydrogen) atoms. The summed E-state index contributed by atoms with van der Waals surface area (Å²) >= 11 is 0. The molecule has 0 unspecified atom stereocenters. The average molecular weight is 304 g/mol. The van der Waals surface area contributed by atoms with Crippen molar-refractivity contribution in [3.8, 4) is 5.75 Å². The van der Waals surface area contributed by atoms with Crippen molar-refractivity contribution in [2.75, 3.05) is 26.7 Å². The van der Waals surface area contributed by atoms with Crippen molar-refractivity contribution in [2.45, 2.75) is 45.7 Å².